The molecule has 5 heteroatoms. The Bertz CT molecular complexity index is 609. The summed E-state index contributed by atoms with van der Waals surface area (Å²) in [7, 11) is 0. The zero-order valence-corrected chi connectivity index (χ0v) is 10.4. The van der Waals surface area contributed by atoms with Gasteiger partial charge >= 0.3 is 0 Å². The second-order valence-corrected chi connectivity index (χ2v) is 3.95. The zero-order valence-electron chi connectivity index (χ0n) is 10.4. The molecule has 0 aliphatic heterocycles. The average molecular weight is 255 g/mol. The molecule has 0 aliphatic rings. The lowest BCUT2D eigenvalue weighted by molar-refractivity contribution is 0.0955. The van der Waals surface area contributed by atoms with Gasteiger partial charge in [0, 0.05) is 23.5 Å². The molecule has 96 valence electrons. The molecule has 19 heavy (non-hydrogen) atoms. The van der Waals surface area contributed by atoms with E-state index in [9.17, 15) is 9.90 Å². The van der Waals surface area contributed by atoms with E-state index in [4.69, 9.17) is 0 Å². The maximum absolute atomic E-state index is 11.7. The number of para-hydroxylation sites is 1. The molecule has 2 rings (SSSR count). The molecule has 2 aromatic rings. The molecule has 5 nitrogen and oxygen atoms in total. The molecule has 0 spiro atoms. The van der Waals surface area contributed by atoms with Gasteiger partial charge in [0.2, 0.25) is 0 Å². The molecule has 0 bridgehead atoms. The molecule has 0 fully saturated rings. The van der Waals surface area contributed by atoms with Crippen molar-refractivity contribution in [3.8, 4) is 5.75 Å². The third-order valence-electron chi connectivity index (χ3n) is 2.58. The highest BCUT2D eigenvalue weighted by atomic mass is 16.3. The van der Waals surface area contributed by atoms with Crippen molar-refractivity contribution >= 4 is 12.1 Å². The molecule has 1 aromatic carbocycles. The maximum Gasteiger partial charge on any atom is 0.271 e. The molecule has 0 unspecified atom stereocenters. The Morgan fingerprint density at radius 1 is 1.32 bits per heavy atom. The van der Waals surface area contributed by atoms with Crippen LogP contribution in [0.4, 0.5) is 0 Å². The molecule has 0 saturated heterocycles. The van der Waals surface area contributed by atoms with Crippen molar-refractivity contribution in [2.45, 2.75) is 6.92 Å². The summed E-state index contributed by atoms with van der Waals surface area (Å²) in [6.45, 7) is 1.79. The monoisotopic (exact) mass is 255 g/mol. The van der Waals surface area contributed by atoms with Gasteiger partial charge in [-0.1, -0.05) is 12.1 Å². The summed E-state index contributed by atoms with van der Waals surface area (Å²) in [5.74, 6) is -0.171. The lowest BCUT2D eigenvalue weighted by Crippen LogP contribution is -2.17. The van der Waals surface area contributed by atoms with Crippen molar-refractivity contribution in [3.63, 3.8) is 0 Å². The summed E-state index contributed by atoms with van der Waals surface area (Å²) < 4.78 is 0. The van der Waals surface area contributed by atoms with Gasteiger partial charge in [0.05, 0.1) is 6.21 Å². The highest BCUT2D eigenvalue weighted by molar-refractivity contribution is 5.94. The van der Waals surface area contributed by atoms with E-state index in [1.54, 1.807) is 37.3 Å². The van der Waals surface area contributed by atoms with Gasteiger partial charge in [0.25, 0.3) is 5.91 Å². The van der Waals surface area contributed by atoms with Gasteiger partial charge in [0.15, 0.2) is 0 Å². The fourth-order valence-corrected chi connectivity index (χ4v) is 1.51. The summed E-state index contributed by atoms with van der Waals surface area (Å²) in [6.07, 6.45) is 4.47. The van der Waals surface area contributed by atoms with Crippen LogP contribution in [-0.2, 0) is 0 Å². The third kappa shape index (κ3) is 3.16. The predicted octanol–water partition coefficient (Wildman–Crippen LogP) is 1.86. The molecule has 0 saturated carbocycles. The molecular formula is C14H13N3O2. The van der Waals surface area contributed by atoms with Crippen LogP contribution in [0.15, 0.2) is 47.8 Å². The Morgan fingerprint density at radius 2 is 2.05 bits per heavy atom. The molecule has 0 aliphatic carbocycles. The second-order valence-electron chi connectivity index (χ2n) is 3.95. The van der Waals surface area contributed by atoms with Crippen LogP contribution in [-0.4, -0.2) is 22.2 Å². The highest BCUT2D eigenvalue weighted by Gasteiger charge is 2.03. The Balaban J connectivity index is 2.05. The van der Waals surface area contributed by atoms with Crippen LogP contribution in [0.2, 0.25) is 0 Å². The predicted molar refractivity (Wildman–Crippen MR) is 72.1 cm³/mol. The summed E-state index contributed by atoms with van der Waals surface area (Å²) in [4.78, 5) is 15.5. The van der Waals surface area contributed by atoms with Gasteiger partial charge in [-0.15, -0.1) is 0 Å². The Kier molecular flexibility index (Phi) is 3.87. The van der Waals surface area contributed by atoms with Crippen molar-refractivity contribution in [2.24, 2.45) is 5.10 Å². The van der Waals surface area contributed by atoms with Gasteiger partial charge in [-0.3, -0.25) is 9.78 Å². The Morgan fingerprint density at radius 3 is 2.79 bits per heavy atom. The second kappa shape index (κ2) is 5.77. The van der Waals surface area contributed by atoms with Gasteiger partial charge in [0.1, 0.15) is 5.75 Å². The van der Waals surface area contributed by atoms with Crippen molar-refractivity contribution < 1.29 is 9.90 Å². The van der Waals surface area contributed by atoms with Crippen LogP contribution in [0.3, 0.4) is 0 Å². The summed E-state index contributed by atoms with van der Waals surface area (Å²) >= 11 is 0. The number of aryl methyl sites for hydroxylation is 1. The normalized spacial score (nSPS) is 10.6. The van der Waals surface area contributed by atoms with Crippen molar-refractivity contribution in [1.29, 1.82) is 0 Å². The van der Waals surface area contributed by atoms with E-state index in [2.05, 4.69) is 15.5 Å². The lowest BCUT2D eigenvalue weighted by atomic mass is 10.1. The molecular weight excluding hydrogens is 242 g/mol. The van der Waals surface area contributed by atoms with E-state index in [0.29, 0.717) is 11.1 Å². The largest absolute Gasteiger partial charge is 0.507 e. The smallest absolute Gasteiger partial charge is 0.271 e. The van der Waals surface area contributed by atoms with Crippen LogP contribution in [0.1, 0.15) is 21.5 Å². The SMILES string of the molecule is Cc1cccc(/C=N/NC(=O)c2ccncc2)c1O. The lowest BCUT2D eigenvalue weighted by Gasteiger charge is -2.02. The fraction of sp³-hybridized carbons (Fsp3) is 0.0714. The first kappa shape index (κ1) is 12.8. The molecule has 0 radical (unpaired) electrons. The third-order valence-corrected chi connectivity index (χ3v) is 2.58. The minimum atomic E-state index is -0.328. The number of pyridine rings is 1. The molecule has 1 aromatic heterocycles. The number of carbonyl (C=O) groups excluding carboxylic acids is 1. The first-order valence-corrected chi connectivity index (χ1v) is 5.70. The quantitative estimate of drug-likeness (QED) is 0.649. The minimum absolute atomic E-state index is 0.157. The van der Waals surface area contributed by atoms with Gasteiger partial charge < -0.3 is 5.11 Å². The van der Waals surface area contributed by atoms with Gasteiger partial charge in [-0.2, -0.15) is 5.10 Å². The minimum Gasteiger partial charge on any atom is -0.507 e. The van der Waals surface area contributed by atoms with E-state index in [-0.39, 0.29) is 11.7 Å². The van der Waals surface area contributed by atoms with E-state index in [0.717, 1.165) is 5.56 Å². The van der Waals surface area contributed by atoms with Crippen LogP contribution in [0.25, 0.3) is 0 Å². The number of phenolic OH excluding ortho intramolecular Hbond substituents is 1. The number of phenols is 1. The standard InChI is InChI=1S/C14H13N3O2/c1-10-3-2-4-12(13(10)18)9-16-17-14(19)11-5-7-15-8-6-11/h2-9,18H,1H3,(H,17,19)/b16-9+. The maximum atomic E-state index is 11.7. The molecule has 0 atom stereocenters. The van der Waals surface area contributed by atoms with E-state index >= 15 is 0 Å². The van der Waals surface area contributed by atoms with E-state index in [1.165, 1.54) is 18.6 Å². The molecule has 2 N–H and O–H groups in total. The van der Waals surface area contributed by atoms with E-state index < -0.39 is 0 Å². The summed E-state index contributed by atoms with van der Waals surface area (Å²) in [6, 6.07) is 8.50. The zero-order chi connectivity index (χ0) is 13.7. The number of hydrogen-bond donors (Lipinski definition) is 2. The number of amides is 1. The number of nitrogens with zero attached hydrogens (tertiary/aromatic N) is 2. The number of aromatic nitrogens is 1. The number of aromatic hydroxyl groups is 1. The van der Waals surface area contributed by atoms with Crippen LogP contribution in [0, 0.1) is 6.92 Å². The van der Waals surface area contributed by atoms with Crippen molar-refractivity contribution in [3.05, 3.63) is 59.4 Å². The first-order chi connectivity index (χ1) is 9.18. The van der Waals surface area contributed by atoms with E-state index in [1.807, 2.05) is 0 Å². The number of rotatable bonds is 3. The number of hydrazone groups is 1. The molecule has 1 heterocycles. The average Bonchev–Trinajstić information content (AvgIpc) is 2.44. The van der Waals surface area contributed by atoms with Crippen LogP contribution in [0.5, 0.6) is 5.75 Å². The van der Waals surface area contributed by atoms with Gasteiger partial charge in [-0.25, -0.2) is 5.43 Å². The van der Waals surface area contributed by atoms with Crippen molar-refractivity contribution in [2.75, 3.05) is 0 Å². The number of nitrogens with one attached hydrogen (secondary N) is 1. The van der Waals surface area contributed by atoms with Crippen LogP contribution >= 0.6 is 0 Å². The summed E-state index contributed by atoms with van der Waals surface area (Å²) in [5, 5.41) is 13.6. The van der Waals surface area contributed by atoms with Crippen LogP contribution < -0.4 is 5.43 Å². The number of carbonyl (C=O) groups is 1. The summed E-state index contributed by atoms with van der Waals surface area (Å²) in [5.41, 5.74) is 4.16. The first-order valence-electron chi connectivity index (χ1n) is 5.70. The van der Waals surface area contributed by atoms with Gasteiger partial charge in [-0.05, 0) is 30.7 Å². The topological polar surface area (TPSA) is 74.6 Å². The van der Waals surface area contributed by atoms with Crippen molar-refractivity contribution in [1.82, 2.24) is 10.4 Å². The molecule has 1 amide bonds. The number of hydrogen-bond acceptors (Lipinski definition) is 4. The fourth-order valence-electron chi connectivity index (χ4n) is 1.51. The highest BCUT2D eigenvalue weighted by Crippen LogP contribution is 2.19. The Hall–Kier alpha value is -2.69. The Labute approximate surface area is 110 Å². The number of benzene rings is 1.